The fraction of sp³-hybridized carbons (Fsp3) is 0.500. The maximum atomic E-state index is 13.8. The van der Waals surface area contributed by atoms with Crippen molar-refractivity contribution >= 4 is 11.6 Å². The average Bonchev–Trinajstić information content (AvgIpc) is 2.36. The van der Waals surface area contributed by atoms with Gasteiger partial charge in [-0.05, 0) is 51.3 Å². The van der Waals surface area contributed by atoms with Crippen LogP contribution in [0.3, 0.4) is 0 Å². The molecule has 0 heterocycles. The Morgan fingerprint density at radius 2 is 2.21 bits per heavy atom. The molecule has 0 bridgehead atoms. The molecule has 1 aromatic rings. The first-order valence-corrected chi connectivity index (χ1v) is 7.23. The molecule has 0 aliphatic heterocycles. The van der Waals surface area contributed by atoms with E-state index in [1.54, 1.807) is 12.1 Å². The van der Waals surface area contributed by atoms with Gasteiger partial charge in [0.05, 0.1) is 0 Å². The van der Waals surface area contributed by atoms with Gasteiger partial charge in [-0.3, -0.25) is 0 Å². The van der Waals surface area contributed by atoms with Gasteiger partial charge in [-0.2, -0.15) is 0 Å². The van der Waals surface area contributed by atoms with Gasteiger partial charge in [0.2, 0.25) is 0 Å². The van der Waals surface area contributed by atoms with E-state index in [4.69, 9.17) is 11.6 Å². The highest BCUT2D eigenvalue weighted by molar-refractivity contribution is 6.31. The largest absolute Gasteiger partial charge is 0.314 e. The van der Waals surface area contributed by atoms with Crippen molar-refractivity contribution in [1.29, 1.82) is 0 Å². The molecule has 1 unspecified atom stereocenters. The molecule has 106 valence electrons. The van der Waals surface area contributed by atoms with Crippen LogP contribution < -0.4 is 5.32 Å². The predicted octanol–water partition coefficient (Wildman–Crippen LogP) is 4.75. The van der Waals surface area contributed by atoms with Crippen LogP contribution in [0.5, 0.6) is 0 Å². The summed E-state index contributed by atoms with van der Waals surface area (Å²) in [6.45, 7) is 9.00. The molecular weight excluding hydrogens is 261 g/mol. The first-order valence-electron chi connectivity index (χ1n) is 6.85. The number of nitrogens with one attached hydrogen (secondary N) is 1. The Bertz CT molecular complexity index is 397. The van der Waals surface area contributed by atoms with Crippen LogP contribution in [-0.2, 0) is 6.42 Å². The van der Waals surface area contributed by atoms with Gasteiger partial charge >= 0.3 is 0 Å². The fourth-order valence-corrected chi connectivity index (χ4v) is 2.26. The van der Waals surface area contributed by atoms with E-state index in [9.17, 15) is 4.39 Å². The Morgan fingerprint density at radius 3 is 2.79 bits per heavy atom. The molecule has 1 atom stereocenters. The second-order valence-electron chi connectivity index (χ2n) is 5.05. The zero-order valence-corrected chi connectivity index (χ0v) is 12.6. The maximum absolute atomic E-state index is 13.8. The Balaban J connectivity index is 2.72. The summed E-state index contributed by atoms with van der Waals surface area (Å²) in [5.74, 6) is -0.217. The van der Waals surface area contributed by atoms with Crippen molar-refractivity contribution < 1.29 is 4.39 Å². The number of halogens is 2. The Hall–Kier alpha value is -0.860. The highest BCUT2D eigenvalue weighted by atomic mass is 35.5. The van der Waals surface area contributed by atoms with Gasteiger partial charge in [0.25, 0.3) is 0 Å². The van der Waals surface area contributed by atoms with Crippen LogP contribution in [-0.4, -0.2) is 12.6 Å². The van der Waals surface area contributed by atoms with Crippen molar-refractivity contribution in [3.05, 3.63) is 46.8 Å². The van der Waals surface area contributed by atoms with Crippen LogP contribution in [0.4, 0.5) is 4.39 Å². The lowest BCUT2D eigenvalue weighted by Crippen LogP contribution is -2.32. The third kappa shape index (κ3) is 5.75. The van der Waals surface area contributed by atoms with E-state index in [2.05, 4.69) is 18.8 Å². The van der Waals surface area contributed by atoms with E-state index < -0.39 is 0 Å². The van der Waals surface area contributed by atoms with Crippen LogP contribution >= 0.6 is 11.6 Å². The molecule has 3 heteroatoms. The van der Waals surface area contributed by atoms with E-state index >= 15 is 0 Å². The molecule has 19 heavy (non-hydrogen) atoms. The van der Waals surface area contributed by atoms with E-state index in [0.29, 0.717) is 17.0 Å². The summed E-state index contributed by atoms with van der Waals surface area (Å²) < 4.78 is 13.8. The van der Waals surface area contributed by atoms with Crippen LogP contribution in [0.1, 0.15) is 38.7 Å². The normalized spacial score (nSPS) is 12.4. The second kappa shape index (κ2) is 8.34. The summed E-state index contributed by atoms with van der Waals surface area (Å²) in [7, 11) is 0. The molecule has 0 radical (unpaired) electrons. The molecule has 1 aromatic carbocycles. The van der Waals surface area contributed by atoms with Gasteiger partial charge in [0.15, 0.2) is 0 Å². The summed E-state index contributed by atoms with van der Waals surface area (Å²) in [5.41, 5.74) is 1.77. The molecule has 0 fully saturated rings. The van der Waals surface area contributed by atoms with Crippen molar-refractivity contribution in [2.24, 2.45) is 0 Å². The minimum Gasteiger partial charge on any atom is -0.314 e. The summed E-state index contributed by atoms with van der Waals surface area (Å²) >= 11 is 6.09. The SMILES string of the molecule is C=C(C)CCC(Cc1c(F)cccc1Cl)NCCC. The summed E-state index contributed by atoms with van der Waals surface area (Å²) in [5, 5.41) is 3.97. The lowest BCUT2D eigenvalue weighted by atomic mass is 9.99. The number of hydrogen-bond acceptors (Lipinski definition) is 1. The van der Waals surface area contributed by atoms with E-state index in [0.717, 1.165) is 31.4 Å². The maximum Gasteiger partial charge on any atom is 0.127 e. The molecule has 0 spiro atoms. The van der Waals surface area contributed by atoms with Crippen molar-refractivity contribution in [1.82, 2.24) is 5.32 Å². The third-order valence-corrected chi connectivity index (χ3v) is 3.47. The molecular formula is C16H23ClFN. The van der Waals surface area contributed by atoms with Gasteiger partial charge in [0.1, 0.15) is 5.82 Å². The molecule has 0 saturated heterocycles. The minimum absolute atomic E-state index is 0.217. The standard InChI is InChI=1S/C16H23ClFN/c1-4-10-19-13(9-8-12(2)3)11-14-15(17)6-5-7-16(14)18/h5-7,13,19H,2,4,8-11H2,1,3H3. The number of benzene rings is 1. The zero-order chi connectivity index (χ0) is 14.3. The summed E-state index contributed by atoms with van der Waals surface area (Å²) in [6, 6.07) is 5.10. The quantitative estimate of drug-likeness (QED) is 0.679. The Morgan fingerprint density at radius 1 is 1.47 bits per heavy atom. The van der Waals surface area contributed by atoms with Gasteiger partial charge in [-0.25, -0.2) is 4.39 Å². The highest BCUT2D eigenvalue weighted by Crippen LogP contribution is 2.22. The molecule has 1 nitrogen and oxygen atoms in total. The average molecular weight is 284 g/mol. The molecule has 1 rings (SSSR count). The second-order valence-corrected chi connectivity index (χ2v) is 5.46. The van der Waals surface area contributed by atoms with Crippen molar-refractivity contribution in [2.75, 3.05) is 6.54 Å². The monoisotopic (exact) mass is 283 g/mol. The Kier molecular flexibility index (Phi) is 7.11. The molecule has 0 amide bonds. The third-order valence-electron chi connectivity index (χ3n) is 3.11. The van der Waals surface area contributed by atoms with Crippen LogP contribution in [0.2, 0.25) is 5.02 Å². The van der Waals surface area contributed by atoms with Crippen molar-refractivity contribution in [2.45, 2.75) is 45.6 Å². The van der Waals surface area contributed by atoms with Crippen LogP contribution in [0, 0.1) is 5.82 Å². The van der Waals surface area contributed by atoms with E-state index in [1.165, 1.54) is 6.07 Å². The smallest absolute Gasteiger partial charge is 0.127 e. The predicted molar refractivity (Wildman–Crippen MR) is 81.2 cm³/mol. The fourth-order valence-electron chi connectivity index (χ4n) is 2.02. The summed E-state index contributed by atoms with van der Waals surface area (Å²) in [4.78, 5) is 0. The molecule has 1 N–H and O–H groups in total. The number of hydrogen-bond donors (Lipinski definition) is 1. The van der Waals surface area contributed by atoms with Crippen LogP contribution in [0.15, 0.2) is 30.4 Å². The topological polar surface area (TPSA) is 12.0 Å². The van der Waals surface area contributed by atoms with E-state index in [1.807, 2.05) is 6.92 Å². The van der Waals surface area contributed by atoms with Gasteiger partial charge < -0.3 is 5.32 Å². The van der Waals surface area contributed by atoms with Crippen LogP contribution in [0.25, 0.3) is 0 Å². The van der Waals surface area contributed by atoms with Gasteiger partial charge in [-0.1, -0.05) is 30.2 Å². The molecule has 0 aliphatic rings. The molecule has 0 saturated carbocycles. The van der Waals surface area contributed by atoms with E-state index in [-0.39, 0.29) is 11.9 Å². The zero-order valence-electron chi connectivity index (χ0n) is 11.8. The summed E-state index contributed by atoms with van der Waals surface area (Å²) in [6.07, 6.45) is 3.60. The molecule has 0 aliphatic carbocycles. The number of allylic oxidation sites excluding steroid dienone is 1. The lowest BCUT2D eigenvalue weighted by molar-refractivity contribution is 0.468. The van der Waals surface area contributed by atoms with Crippen molar-refractivity contribution in [3.8, 4) is 0 Å². The van der Waals surface area contributed by atoms with Gasteiger partial charge in [-0.15, -0.1) is 6.58 Å². The first kappa shape index (κ1) is 16.2. The minimum atomic E-state index is -0.217. The van der Waals surface area contributed by atoms with Crippen molar-refractivity contribution in [3.63, 3.8) is 0 Å². The first-order chi connectivity index (χ1) is 9.04. The highest BCUT2D eigenvalue weighted by Gasteiger charge is 2.14. The Labute approximate surface area is 120 Å². The number of rotatable bonds is 8. The lowest BCUT2D eigenvalue weighted by Gasteiger charge is -2.19. The van der Waals surface area contributed by atoms with Gasteiger partial charge in [0, 0.05) is 16.6 Å². The molecule has 0 aromatic heterocycles.